The molecule has 3 rings (SSSR count). The number of fused-ring (bicyclic) bond motifs is 1. The van der Waals surface area contributed by atoms with Crippen LogP contribution < -0.4 is 11.1 Å². The molecule has 0 bridgehead atoms. The molecule has 172 valence electrons. The van der Waals surface area contributed by atoms with Crippen molar-refractivity contribution in [3.63, 3.8) is 0 Å². The topological polar surface area (TPSA) is 65.1 Å². The highest BCUT2D eigenvalue weighted by molar-refractivity contribution is 7.16. The highest BCUT2D eigenvalue weighted by atomic mass is 32.1. The first-order valence-electron chi connectivity index (χ1n) is 11.6. The molecule has 0 saturated carbocycles. The van der Waals surface area contributed by atoms with E-state index < -0.39 is 0 Å². The van der Waals surface area contributed by atoms with Gasteiger partial charge in [-0.25, -0.2) is 0 Å². The average molecular weight is 459 g/mol. The second-order valence-corrected chi connectivity index (χ2v) is 9.43. The zero-order valence-corrected chi connectivity index (χ0v) is 20.8. The molecular formula is C28H34N4S. The molecular weight excluding hydrogens is 424 g/mol. The first-order chi connectivity index (χ1) is 16.0. The van der Waals surface area contributed by atoms with E-state index in [2.05, 4.69) is 79.2 Å². The molecule has 33 heavy (non-hydrogen) atoms. The highest BCUT2D eigenvalue weighted by Gasteiger charge is 2.10. The van der Waals surface area contributed by atoms with Crippen molar-refractivity contribution in [3.05, 3.63) is 71.3 Å². The van der Waals surface area contributed by atoms with Gasteiger partial charge in [0.05, 0.1) is 5.57 Å². The van der Waals surface area contributed by atoms with E-state index in [1.165, 1.54) is 34.1 Å². The summed E-state index contributed by atoms with van der Waals surface area (Å²) in [6.07, 6.45) is 2.39. The van der Waals surface area contributed by atoms with Crippen molar-refractivity contribution in [1.29, 1.82) is 5.26 Å². The number of nitrogens with two attached hydrogens (primary N) is 1. The quantitative estimate of drug-likeness (QED) is 0.243. The van der Waals surface area contributed by atoms with Crippen LogP contribution in [0.1, 0.15) is 38.5 Å². The van der Waals surface area contributed by atoms with Gasteiger partial charge in [0.25, 0.3) is 0 Å². The number of nitrogens with one attached hydrogen (secondary N) is 1. The lowest BCUT2D eigenvalue weighted by atomic mass is 10.0. The first-order valence-corrected chi connectivity index (χ1v) is 12.4. The van der Waals surface area contributed by atoms with Crippen LogP contribution in [0.2, 0.25) is 0 Å². The zero-order valence-electron chi connectivity index (χ0n) is 19.9. The number of thiophene rings is 1. The Hall–Kier alpha value is -3.07. The second kappa shape index (κ2) is 11.7. The fourth-order valence-corrected chi connectivity index (χ4v) is 5.06. The Morgan fingerprint density at radius 3 is 2.39 bits per heavy atom. The van der Waals surface area contributed by atoms with E-state index in [-0.39, 0.29) is 0 Å². The summed E-state index contributed by atoms with van der Waals surface area (Å²) in [5.74, 6) is 0. The number of allylic oxidation sites excluding steroid dienone is 2. The van der Waals surface area contributed by atoms with Gasteiger partial charge >= 0.3 is 0 Å². The summed E-state index contributed by atoms with van der Waals surface area (Å²) >= 11 is 1.67. The van der Waals surface area contributed by atoms with Gasteiger partial charge in [-0.3, -0.25) is 0 Å². The second-order valence-electron chi connectivity index (χ2n) is 8.35. The van der Waals surface area contributed by atoms with E-state index in [0.29, 0.717) is 11.3 Å². The van der Waals surface area contributed by atoms with Crippen LogP contribution in [0.5, 0.6) is 0 Å². The SMILES string of the molecule is C=C(N)/C(C#N)=C(\C)c1ccc(-c2ccc3cc(NCCN(CCC)CCC)ccc3c2)s1. The molecule has 0 atom stereocenters. The third-order valence-corrected chi connectivity index (χ3v) is 7.00. The molecule has 1 heterocycles. The van der Waals surface area contributed by atoms with Gasteiger partial charge in [-0.1, -0.05) is 38.6 Å². The lowest BCUT2D eigenvalue weighted by Crippen LogP contribution is -2.30. The molecule has 3 N–H and O–H groups in total. The summed E-state index contributed by atoms with van der Waals surface area (Å²) < 4.78 is 0. The Morgan fingerprint density at radius 1 is 1.03 bits per heavy atom. The van der Waals surface area contributed by atoms with Crippen LogP contribution in [0.3, 0.4) is 0 Å². The van der Waals surface area contributed by atoms with Gasteiger partial charge in [0.2, 0.25) is 0 Å². The molecule has 2 aromatic carbocycles. The lowest BCUT2D eigenvalue weighted by molar-refractivity contribution is 0.285. The molecule has 1 aromatic heterocycles. The molecule has 0 amide bonds. The standard InChI is InChI=1S/C28H34N4S/c1-5-14-32(15-6-2)16-13-31-25-10-9-22-17-24(8-7-23(22)18-25)28-12-11-27(33-28)20(3)26(19-29)21(4)30/h7-12,17-18,31H,4-6,13-16,30H2,1-3H3/b26-20+. The number of anilines is 1. The van der Waals surface area contributed by atoms with Gasteiger partial charge in [-0.15, -0.1) is 11.3 Å². The largest absolute Gasteiger partial charge is 0.398 e. The predicted molar refractivity (Wildman–Crippen MR) is 144 cm³/mol. The van der Waals surface area contributed by atoms with E-state index in [0.717, 1.165) is 42.3 Å². The molecule has 0 fully saturated rings. The molecule has 0 radical (unpaired) electrons. The van der Waals surface area contributed by atoms with E-state index >= 15 is 0 Å². The van der Waals surface area contributed by atoms with E-state index in [9.17, 15) is 5.26 Å². The zero-order chi connectivity index (χ0) is 23.8. The van der Waals surface area contributed by atoms with Crippen LogP contribution in [0, 0.1) is 11.3 Å². The van der Waals surface area contributed by atoms with Crippen molar-refractivity contribution in [2.24, 2.45) is 5.73 Å². The van der Waals surface area contributed by atoms with Gasteiger partial charge in [-0.05, 0) is 85.1 Å². The minimum atomic E-state index is 0.309. The summed E-state index contributed by atoms with van der Waals surface area (Å²) in [7, 11) is 0. The molecule has 0 aliphatic heterocycles. The van der Waals surface area contributed by atoms with Crippen molar-refractivity contribution >= 4 is 33.4 Å². The van der Waals surface area contributed by atoms with Crippen molar-refractivity contribution in [2.45, 2.75) is 33.6 Å². The van der Waals surface area contributed by atoms with Gasteiger partial charge < -0.3 is 16.0 Å². The van der Waals surface area contributed by atoms with Crippen LogP contribution in [0.4, 0.5) is 5.69 Å². The summed E-state index contributed by atoms with van der Waals surface area (Å²) in [5, 5.41) is 15.4. The Bertz CT molecular complexity index is 1180. The third-order valence-electron chi connectivity index (χ3n) is 5.75. The Balaban J connectivity index is 1.74. The number of nitrogens with zero attached hydrogens (tertiary/aromatic N) is 2. The molecule has 3 aromatic rings. The number of benzene rings is 2. The van der Waals surface area contributed by atoms with Gasteiger partial charge in [0.15, 0.2) is 0 Å². The average Bonchev–Trinajstić information content (AvgIpc) is 3.29. The summed E-state index contributed by atoms with van der Waals surface area (Å²) in [6.45, 7) is 14.5. The van der Waals surface area contributed by atoms with E-state index in [1.54, 1.807) is 11.3 Å². The fraction of sp³-hybridized carbons (Fsp3) is 0.321. The van der Waals surface area contributed by atoms with Crippen LogP contribution >= 0.6 is 11.3 Å². The Labute approximate surface area is 202 Å². The molecule has 0 aliphatic carbocycles. The normalized spacial score (nSPS) is 12.0. The maximum Gasteiger partial charge on any atom is 0.102 e. The van der Waals surface area contributed by atoms with Crippen molar-refractivity contribution in [1.82, 2.24) is 4.90 Å². The lowest BCUT2D eigenvalue weighted by Gasteiger charge is -2.21. The van der Waals surface area contributed by atoms with Crippen LogP contribution in [-0.4, -0.2) is 31.1 Å². The Morgan fingerprint density at radius 2 is 1.73 bits per heavy atom. The van der Waals surface area contributed by atoms with Crippen LogP contribution in [0.25, 0.3) is 26.8 Å². The number of hydrogen-bond donors (Lipinski definition) is 2. The molecule has 4 nitrogen and oxygen atoms in total. The van der Waals surface area contributed by atoms with Crippen molar-refractivity contribution in [2.75, 3.05) is 31.5 Å². The van der Waals surface area contributed by atoms with Crippen LogP contribution in [-0.2, 0) is 0 Å². The molecule has 5 heteroatoms. The molecule has 0 unspecified atom stereocenters. The first kappa shape index (κ1) is 24.6. The number of rotatable bonds is 11. The number of hydrogen-bond acceptors (Lipinski definition) is 5. The van der Waals surface area contributed by atoms with E-state index in [4.69, 9.17) is 5.73 Å². The van der Waals surface area contributed by atoms with Crippen molar-refractivity contribution < 1.29 is 0 Å². The molecule has 0 aliphatic rings. The van der Waals surface area contributed by atoms with E-state index in [1.807, 2.05) is 13.0 Å². The Kier molecular flexibility index (Phi) is 8.71. The summed E-state index contributed by atoms with van der Waals surface area (Å²) in [5.41, 5.74) is 9.74. The third kappa shape index (κ3) is 6.25. The highest BCUT2D eigenvalue weighted by Crippen LogP contribution is 2.35. The summed E-state index contributed by atoms with van der Waals surface area (Å²) in [6, 6.07) is 19.5. The van der Waals surface area contributed by atoms with Gasteiger partial charge in [0, 0.05) is 34.2 Å². The van der Waals surface area contributed by atoms with Gasteiger partial charge in [0.1, 0.15) is 6.07 Å². The predicted octanol–water partition coefficient (Wildman–Crippen LogP) is 6.87. The minimum Gasteiger partial charge on any atom is -0.398 e. The maximum atomic E-state index is 9.37. The van der Waals surface area contributed by atoms with Gasteiger partial charge in [-0.2, -0.15) is 5.26 Å². The van der Waals surface area contributed by atoms with Crippen LogP contribution in [0.15, 0.2) is 66.4 Å². The molecule has 0 spiro atoms. The summed E-state index contributed by atoms with van der Waals surface area (Å²) in [4.78, 5) is 4.73. The maximum absolute atomic E-state index is 9.37. The number of nitriles is 1. The fourth-order valence-electron chi connectivity index (χ4n) is 4.05. The molecule has 0 saturated heterocycles. The van der Waals surface area contributed by atoms with Crippen molar-refractivity contribution in [3.8, 4) is 16.5 Å². The smallest absolute Gasteiger partial charge is 0.102 e. The monoisotopic (exact) mass is 458 g/mol. The minimum absolute atomic E-state index is 0.309.